The van der Waals surface area contributed by atoms with Crippen LogP contribution in [0.25, 0.3) is 0 Å². The first-order valence-corrected chi connectivity index (χ1v) is 4.35. The Bertz CT molecular complexity index is 266. The molecule has 1 aliphatic heterocycles. The van der Waals surface area contributed by atoms with Crippen LogP contribution in [0.4, 0.5) is 0 Å². The van der Waals surface area contributed by atoms with E-state index in [9.17, 15) is 0 Å². The Kier molecular flexibility index (Phi) is 2.16. The largest absolute Gasteiger partial charge is 0.297 e. The van der Waals surface area contributed by atoms with Crippen LogP contribution in [0.5, 0.6) is 0 Å². The van der Waals surface area contributed by atoms with Crippen molar-refractivity contribution in [1.29, 1.82) is 0 Å². The van der Waals surface area contributed by atoms with Crippen molar-refractivity contribution >= 4 is 6.21 Å². The first-order chi connectivity index (χ1) is 5.97. The van der Waals surface area contributed by atoms with Crippen LogP contribution in [-0.4, -0.2) is 17.7 Å². The zero-order chi connectivity index (χ0) is 8.23. The average Bonchev–Trinajstić information content (AvgIpc) is 2.21. The van der Waals surface area contributed by atoms with Crippen molar-refractivity contribution in [1.82, 2.24) is 4.98 Å². The van der Waals surface area contributed by atoms with Gasteiger partial charge in [0.1, 0.15) is 0 Å². The third-order valence-corrected chi connectivity index (χ3v) is 2.28. The molecule has 0 bridgehead atoms. The molecular weight excluding hydrogens is 148 g/mol. The summed E-state index contributed by atoms with van der Waals surface area (Å²) >= 11 is 0. The van der Waals surface area contributed by atoms with Crippen molar-refractivity contribution in [3.63, 3.8) is 0 Å². The van der Waals surface area contributed by atoms with Crippen molar-refractivity contribution in [3.8, 4) is 0 Å². The van der Waals surface area contributed by atoms with Gasteiger partial charge in [-0.05, 0) is 36.8 Å². The van der Waals surface area contributed by atoms with Gasteiger partial charge in [-0.1, -0.05) is 0 Å². The highest BCUT2D eigenvalue weighted by molar-refractivity contribution is 5.58. The maximum absolute atomic E-state index is 4.29. The molecule has 1 unspecified atom stereocenters. The Morgan fingerprint density at radius 1 is 1.25 bits per heavy atom. The minimum Gasteiger partial charge on any atom is -0.297 e. The van der Waals surface area contributed by atoms with E-state index in [4.69, 9.17) is 0 Å². The number of aromatic nitrogens is 1. The van der Waals surface area contributed by atoms with E-state index in [2.05, 4.69) is 22.1 Å². The van der Waals surface area contributed by atoms with Crippen molar-refractivity contribution in [2.45, 2.75) is 18.8 Å². The molecule has 62 valence electrons. The predicted octanol–water partition coefficient (Wildman–Crippen LogP) is 2.03. The molecule has 0 N–H and O–H groups in total. The lowest BCUT2D eigenvalue weighted by Gasteiger charge is -2.16. The summed E-state index contributed by atoms with van der Waals surface area (Å²) in [5.41, 5.74) is 1.38. The molecule has 1 aromatic rings. The van der Waals surface area contributed by atoms with Crippen LogP contribution in [0.3, 0.4) is 0 Å². The van der Waals surface area contributed by atoms with E-state index in [1.807, 2.05) is 18.6 Å². The van der Waals surface area contributed by atoms with Crippen LogP contribution in [0, 0.1) is 0 Å². The summed E-state index contributed by atoms with van der Waals surface area (Å²) < 4.78 is 0. The van der Waals surface area contributed by atoms with E-state index < -0.39 is 0 Å². The Morgan fingerprint density at radius 3 is 2.75 bits per heavy atom. The lowest BCUT2D eigenvalue weighted by Crippen LogP contribution is -2.07. The van der Waals surface area contributed by atoms with E-state index in [0.717, 1.165) is 13.0 Å². The van der Waals surface area contributed by atoms with Gasteiger partial charge in [0.25, 0.3) is 0 Å². The molecule has 0 spiro atoms. The third-order valence-electron chi connectivity index (χ3n) is 2.28. The molecule has 2 heteroatoms. The zero-order valence-corrected chi connectivity index (χ0v) is 6.98. The van der Waals surface area contributed by atoms with Gasteiger partial charge < -0.3 is 0 Å². The van der Waals surface area contributed by atoms with Gasteiger partial charge in [-0.15, -0.1) is 0 Å². The highest BCUT2D eigenvalue weighted by atomic mass is 14.7. The fraction of sp³-hybridized carbons (Fsp3) is 0.400. The molecular formula is C10H12N2. The molecule has 2 rings (SSSR count). The quantitative estimate of drug-likeness (QED) is 0.617. The second-order valence-corrected chi connectivity index (χ2v) is 3.10. The Balaban J connectivity index is 2.15. The van der Waals surface area contributed by atoms with Gasteiger partial charge in [0, 0.05) is 24.9 Å². The van der Waals surface area contributed by atoms with Gasteiger partial charge >= 0.3 is 0 Å². The summed E-state index contributed by atoms with van der Waals surface area (Å²) in [4.78, 5) is 8.29. The predicted molar refractivity (Wildman–Crippen MR) is 49.6 cm³/mol. The van der Waals surface area contributed by atoms with Crippen molar-refractivity contribution in [2.75, 3.05) is 6.54 Å². The van der Waals surface area contributed by atoms with Crippen LogP contribution >= 0.6 is 0 Å². The lowest BCUT2D eigenvalue weighted by atomic mass is 9.94. The number of aliphatic imine (C=N–C) groups is 1. The molecule has 1 atom stereocenters. The Hall–Kier alpha value is -1.18. The summed E-state index contributed by atoms with van der Waals surface area (Å²) in [5.74, 6) is 0.623. The summed E-state index contributed by atoms with van der Waals surface area (Å²) in [6.07, 6.45) is 8.08. The Labute approximate surface area is 72.4 Å². The van der Waals surface area contributed by atoms with E-state index in [0.29, 0.717) is 5.92 Å². The molecule has 1 aromatic heterocycles. The molecule has 0 radical (unpaired) electrons. The third kappa shape index (κ3) is 1.52. The molecule has 1 aliphatic rings. The second kappa shape index (κ2) is 3.48. The fourth-order valence-electron chi connectivity index (χ4n) is 1.57. The molecule has 0 aliphatic carbocycles. The summed E-state index contributed by atoms with van der Waals surface area (Å²) in [6.45, 7) is 0.948. The van der Waals surface area contributed by atoms with Crippen LogP contribution in [-0.2, 0) is 0 Å². The molecule has 2 heterocycles. The lowest BCUT2D eigenvalue weighted by molar-refractivity contribution is 0.633. The number of hydrogen-bond acceptors (Lipinski definition) is 2. The first-order valence-electron chi connectivity index (χ1n) is 4.35. The van der Waals surface area contributed by atoms with Crippen molar-refractivity contribution in [3.05, 3.63) is 30.1 Å². The van der Waals surface area contributed by atoms with Crippen LogP contribution in [0.2, 0.25) is 0 Å². The molecule has 0 amide bonds. The van der Waals surface area contributed by atoms with E-state index >= 15 is 0 Å². The minimum absolute atomic E-state index is 0.623. The van der Waals surface area contributed by atoms with Crippen LogP contribution in [0.1, 0.15) is 24.3 Å². The van der Waals surface area contributed by atoms with E-state index in [1.165, 1.54) is 12.0 Å². The maximum Gasteiger partial charge on any atom is 0.0454 e. The van der Waals surface area contributed by atoms with E-state index in [-0.39, 0.29) is 0 Å². The first kappa shape index (κ1) is 7.47. The standard InChI is InChI=1S/C10H12N2/c1-2-10(8-12-5-1)9-3-6-11-7-4-9/h3-7,10H,1-2,8H2. The molecule has 12 heavy (non-hydrogen) atoms. The van der Waals surface area contributed by atoms with Crippen LogP contribution in [0.15, 0.2) is 29.5 Å². The highest BCUT2D eigenvalue weighted by Gasteiger charge is 2.11. The minimum atomic E-state index is 0.623. The topological polar surface area (TPSA) is 25.2 Å². The van der Waals surface area contributed by atoms with E-state index in [1.54, 1.807) is 0 Å². The van der Waals surface area contributed by atoms with Gasteiger partial charge in [-0.3, -0.25) is 9.98 Å². The SMILES string of the molecule is C1=NCC(c2ccncc2)CC1. The molecule has 0 saturated carbocycles. The number of hydrogen-bond donors (Lipinski definition) is 0. The number of nitrogens with zero attached hydrogens (tertiary/aromatic N) is 2. The van der Waals surface area contributed by atoms with Gasteiger partial charge in [-0.2, -0.15) is 0 Å². The fourth-order valence-corrected chi connectivity index (χ4v) is 1.57. The molecule has 0 fully saturated rings. The summed E-state index contributed by atoms with van der Waals surface area (Å²) in [5, 5.41) is 0. The van der Waals surface area contributed by atoms with Crippen molar-refractivity contribution < 1.29 is 0 Å². The normalized spacial score (nSPS) is 22.5. The smallest absolute Gasteiger partial charge is 0.0454 e. The van der Waals surface area contributed by atoms with Crippen molar-refractivity contribution in [2.24, 2.45) is 4.99 Å². The zero-order valence-electron chi connectivity index (χ0n) is 6.98. The molecule has 0 saturated heterocycles. The highest BCUT2D eigenvalue weighted by Crippen LogP contribution is 2.22. The molecule has 2 nitrogen and oxygen atoms in total. The van der Waals surface area contributed by atoms with Gasteiger partial charge in [-0.25, -0.2) is 0 Å². The summed E-state index contributed by atoms with van der Waals surface area (Å²) in [6, 6.07) is 4.18. The number of pyridine rings is 1. The Morgan fingerprint density at radius 2 is 2.08 bits per heavy atom. The van der Waals surface area contributed by atoms with Gasteiger partial charge in [0.15, 0.2) is 0 Å². The molecule has 0 aromatic carbocycles. The van der Waals surface area contributed by atoms with Gasteiger partial charge in [0.05, 0.1) is 0 Å². The number of rotatable bonds is 1. The monoisotopic (exact) mass is 160 g/mol. The van der Waals surface area contributed by atoms with Gasteiger partial charge in [0.2, 0.25) is 0 Å². The van der Waals surface area contributed by atoms with Crippen LogP contribution < -0.4 is 0 Å². The second-order valence-electron chi connectivity index (χ2n) is 3.10. The summed E-state index contributed by atoms with van der Waals surface area (Å²) in [7, 11) is 0. The maximum atomic E-state index is 4.29. The average molecular weight is 160 g/mol.